The molecule has 0 aromatic heterocycles. The number of nitrogens with zero attached hydrogens (tertiary/aromatic N) is 1. The molecule has 0 radical (unpaired) electrons. The summed E-state index contributed by atoms with van der Waals surface area (Å²) >= 11 is 1.46. The average Bonchev–Trinajstić information content (AvgIpc) is 2.98. The van der Waals surface area contributed by atoms with Crippen molar-refractivity contribution in [2.75, 3.05) is 12.4 Å². The highest BCUT2D eigenvalue weighted by molar-refractivity contribution is 8.00. The number of fused-ring (bicyclic) bond motifs is 1. The number of β-lactam (4-membered cyclic amide) rings is 1. The summed E-state index contributed by atoms with van der Waals surface area (Å²) in [5.74, 6) is -0.392. The van der Waals surface area contributed by atoms with Gasteiger partial charge in [0.25, 0.3) is 11.8 Å². The van der Waals surface area contributed by atoms with Crippen molar-refractivity contribution in [3.63, 3.8) is 0 Å². The summed E-state index contributed by atoms with van der Waals surface area (Å²) in [5.41, 5.74) is 2.40. The van der Waals surface area contributed by atoms with Crippen LogP contribution in [0.25, 0.3) is 0 Å². The van der Waals surface area contributed by atoms with Crippen molar-refractivity contribution in [1.29, 1.82) is 0 Å². The third-order valence-corrected chi connectivity index (χ3v) is 7.60. The van der Waals surface area contributed by atoms with E-state index in [0.717, 1.165) is 11.1 Å². The van der Waals surface area contributed by atoms with E-state index in [4.69, 9.17) is 9.47 Å². The Bertz CT molecular complexity index is 1320. The molecule has 0 saturated carbocycles. The molecule has 7 nitrogen and oxygen atoms in total. The molecule has 0 bridgehead atoms. The fourth-order valence-corrected chi connectivity index (χ4v) is 5.76. The second-order valence-electron chi connectivity index (χ2n) is 8.74. The smallest absolute Gasteiger partial charge is 0.356 e. The molecule has 38 heavy (non-hydrogen) atoms. The third-order valence-electron chi connectivity index (χ3n) is 6.30. The average molecular weight is 527 g/mol. The Labute approximate surface area is 225 Å². The van der Waals surface area contributed by atoms with Gasteiger partial charge in [-0.1, -0.05) is 91.5 Å². The van der Waals surface area contributed by atoms with Gasteiger partial charge in [0.05, 0.1) is 0 Å². The maximum absolute atomic E-state index is 13.6. The molecule has 1 N–H and O–H groups in total. The van der Waals surface area contributed by atoms with Crippen LogP contribution in [0.15, 0.2) is 115 Å². The van der Waals surface area contributed by atoms with Crippen molar-refractivity contribution < 1.29 is 23.9 Å². The van der Waals surface area contributed by atoms with Crippen LogP contribution in [0.3, 0.4) is 0 Å². The number of carbonyl (C=O) groups is 3. The first-order chi connectivity index (χ1) is 18.6. The van der Waals surface area contributed by atoms with Crippen molar-refractivity contribution in [2.45, 2.75) is 17.5 Å². The van der Waals surface area contributed by atoms with E-state index in [2.05, 4.69) is 11.9 Å². The SMILES string of the molecule is C=CC1=C(C(=O)OC(c2ccccc2)c2ccccc2)N2C(=O)C(NC(=O)COc3ccccc3)[C@H]2SC1. The lowest BCUT2D eigenvalue weighted by atomic mass is 10.0. The van der Waals surface area contributed by atoms with Crippen molar-refractivity contribution in [1.82, 2.24) is 10.2 Å². The van der Waals surface area contributed by atoms with E-state index in [1.807, 2.05) is 78.9 Å². The Hall–Kier alpha value is -4.30. The maximum atomic E-state index is 13.6. The maximum Gasteiger partial charge on any atom is 0.356 e. The minimum Gasteiger partial charge on any atom is -0.484 e. The summed E-state index contributed by atoms with van der Waals surface area (Å²) in [7, 11) is 0. The summed E-state index contributed by atoms with van der Waals surface area (Å²) in [6, 6.07) is 27.1. The van der Waals surface area contributed by atoms with Gasteiger partial charge in [0.1, 0.15) is 22.9 Å². The third kappa shape index (κ3) is 5.21. The van der Waals surface area contributed by atoms with E-state index in [0.29, 0.717) is 17.1 Å². The molecule has 2 atom stereocenters. The predicted octanol–water partition coefficient (Wildman–Crippen LogP) is 4.24. The summed E-state index contributed by atoms with van der Waals surface area (Å²) in [5, 5.41) is 2.31. The predicted molar refractivity (Wildman–Crippen MR) is 145 cm³/mol. The fourth-order valence-electron chi connectivity index (χ4n) is 4.42. The number of ether oxygens (including phenoxy) is 2. The molecule has 3 aromatic rings. The van der Waals surface area contributed by atoms with E-state index in [9.17, 15) is 14.4 Å². The number of esters is 1. The van der Waals surface area contributed by atoms with Crippen molar-refractivity contribution in [3.05, 3.63) is 126 Å². The summed E-state index contributed by atoms with van der Waals surface area (Å²) < 4.78 is 11.5. The number of hydrogen-bond donors (Lipinski definition) is 1. The number of carbonyl (C=O) groups excluding carboxylic acids is 3. The molecule has 1 saturated heterocycles. The van der Waals surface area contributed by atoms with Crippen LogP contribution < -0.4 is 10.1 Å². The molecule has 0 spiro atoms. The molecule has 2 heterocycles. The van der Waals surface area contributed by atoms with Crippen molar-refractivity contribution >= 4 is 29.5 Å². The number of hydrogen-bond acceptors (Lipinski definition) is 6. The molecule has 2 amide bonds. The molecule has 2 aliphatic heterocycles. The van der Waals surface area contributed by atoms with E-state index in [1.54, 1.807) is 18.2 Å². The number of rotatable bonds is 9. The second-order valence-corrected chi connectivity index (χ2v) is 9.85. The monoisotopic (exact) mass is 526 g/mol. The number of para-hydroxylation sites is 1. The van der Waals surface area contributed by atoms with Crippen LogP contribution in [0.2, 0.25) is 0 Å². The van der Waals surface area contributed by atoms with Gasteiger partial charge < -0.3 is 14.8 Å². The van der Waals surface area contributed by atoms with Crippen LogP contribution in [0.4, 0.5) is 0 Å². The van der Waals surface area contributed by atoms with Gasteiger partial charge in [0.15, 0.2) is 12.7 Å². The lowest BCUT2D eigenvalue weighted by molar-refractivity contribution is -0.154. The number of thioether (sulfide) groups is 1. The van der Waals surface area contributed by atoms with Crippen LogP contribution in [-0.4, -0.2) is 46.5 Å². The lowest BCUT2D eigenvalue weighted by Crippen LogP contribution is -2.70. The first kappa shape index (κ1) is 25.4. The zero-order valence-electron chi connectivity index (χ0n) is 20.5. The second kappa shape index (κ2) is 11.4. The van der Waals surface area contributed by atoms with Gasteiger partial charge >= 0.3 is 5.97 Å². The molecular weight excluding hydrogens is 500 g/mol. The molecule has 192 valence electrons. The van der Waals surface area contributed by atoms with Crippen molar-refractivity contribution in [3.8, 4) is 5.75 Å². The van der Waals surface area contributed by atoms with E-state index < -0.39 is 29.4 Å². The number of benzene rings is 3. The van der Waals surface area contributed by atoms with Crippen LogP contribution in [-0.2, 0) is 19.1 Å². The Balaban J connectivity index is 1.31. The zero-order chi connectivity index (χ0) is 26.5. The standard InChI is InChI=1S/C30H26N2O5S/c1-2-20-19-38-29-25(31-24(33)18-36-23-16-10-5-11-17-23)28(34)32(29)26(20)30(35)37-27(21-12-6-3-7-13-21)22-14-8-4-9-15-22/h2-17,25,27,29H,1,18-19H2,(H,31,33)/t25?,29-/m1/s1. The van der Waals surface area contributed by atoms with Gasteiger partial charge in [-0.2, -0.15) is 0 Å². The zero-order valence-corrected chi connectivity index (χ0v) is 21.3. The molecule has 1 fully saturated rings. The quantitative estimate of drug-likeness (QED) is 0.332. The van der Waals surface area contributed by atoms with Crippen LogP contribution >= 0.6 is 11.8 Å². The summed E-state index contributed by atoms with van der Waals surface area (Å²) in [6.45, 7) is 3.62. The minimum atomic E-state index is -0.764. The molecule has 1 unspecified atom stereocenters. The fraction of sp³-hybridized carbons (Fsp3) is 0.167. The highest BCUT2D eigenvalue weighted by Crippen LogP contribution is 2.41. The molecule has 0 aliphatic carbocycles. The van der Waals surface area contributed by atoms with Gasteiger partial charge in [0, 0.05) is 5.75 Å². The van der Waals surface area contributed by atoms with Crippen LogP contribution in [0, 0.1) is 0 Å². The van der Waals surface area contributed by atoms with E-state index in [-0.39, 0.29) is 18.2 Å². The van der Waals surface area contributed by atoms with Gasteiger partial charge in [-0.3, -0.25) is 14.5 Å². The molecule has 5 rings (SSSR count). The summed E-state index contributed by atoms with van der Waals surface area (Å²) in [6.07, 6.45) is 0.922. The first-order valence-corrected chi connectivity index (χ1v) is 13.2. The number of nitrogens with one attached hydrogen (secondary N) is 1. The normalized spacial score (nSPS) is 18.3. The Morgan fingerprint density at radius 3 is 2.13 bits per heavy atom. The molecular formula is C30H26N2O5S. The first-order valence-electron chi connectivity index (χ1n) is 12.1. The number of amides is 2. The highest BCUT2D eigenvalue weighted by atomic mass is 32.2. The van der Waals surface area contributed by atoms with E-state index in [1.165, 1.54) is 16.7 Å². The largest absolute Gasteiger partial charge is 0.484 e. The Kier molecular flexibility index (Phi) is 7.60. The topological polar surface area (TPSA) is 84.9 Å². The molecule has 8 heteroatoms. The van der Waals surface area contributed by atoms with Gasteiger partial charge in [-0.05, 0) is 28.8 Å². The lowest BCUT2D eigenvalue weighted by Gasteiger charge is -2.49. The molecule has 3 aromatic carbocycles. The van der Waals surface area contributed by atoms with Gasteiger partial charge in [-0.25, -0.2) is 4.79 Å². The van der Waals surface area contributed by atoms with E-state index >= 15 is 0 Å². The van der Waals surface area contributed by atoms with Crippen LogP contribution in [0.1, 0.15) is 17.2 Å². The van der Waals surface area contributed by atoms with Crippen molar-refractivity contribution in [2.24, 2.45) is 0 Å². The molecule has 2 aliphatic rings. The van der Waals surface area contributed by atoms with Crippen LogP contribution in [0.5, 0.6) is 5.75 Å². The Morgan fingerprint density at radius 1 is 0.974 bits per heavy atom. The minimum absolute atomic E-state index is 0.164. The Morgan fingerprint density at radius 2 is 1.55 bits per heavy atom. The van der Waals surface area contributed by atoms with Gasteiger partial charge in [0.2, 0.25) is 0 Å². The van der Waals surface area contributed by atoms with Gasteiger partial charge in [-0.15, -0.1) is 11.8 Å². The highest BCUT2D eigenvalue weighted by Gasteiger charge is 2.54. The summed E-state index contributed by atoms with van der Waals surface area (Å²) in [4.78, 5) is 40.7. The number of allylic oxidation sites excluding steroid dienone is 1.